The van der Waals surface area contributed by atoms with Crippen LogP contribution in [0.2, 0.25) is 0 Å². The second kappa shape index (κ2) is 19.6. The van der Waals surface area contributed by atoms with Crippen LogP contribution in [0.1, 0.15) is 78.9 Å². The van der Waals surface area contributed by atoms with Gasteiger partial charge in [-0.2, -0.15) is 4.98 Å². The number of likely N-dealkylation sites (tertiary alicyclic amines) is 1. The average Bonchev–Trinajstić information content (AvgIpc) is 4.20. The zero-order chi connectivity index (χ0) is 49.7. The summed E-state index contributed by atoms with van der Waals surface area (Å²) in [6.07, 6.45) is 9.66. The number of hydrogen-bond donors (Lipinski definition) is 3. The van der Waals surface area contributed by atoms with E-state index < -0.39 is 37.5 Å². The van der Waals surface area contributed by atoms with Crippen LogP contribution in [0, 0.1) is 21.4 Å². The topological polar surface area (TPSA) is 194 Å². The molecule has 2 aromatic heterocycles. The number of fused-ring (bicyclic) bond motifs is 3. The van der Waals surface area contributed by atoms with Gasteiger partial charge in [0.2, 0.25) is 5.88 Å². The quantitative estimate of drug-likeness (QED) is 0.0692. The van der Waals surface area contributed by atoms with Gasteiger partial charge in [-0.1, -0.05) is 48.5 Å². The molecule has 5 fully saturated rings. The molecular weight excluding hydrogens is 949 g/mol. The largest absolute Gasteiger partial charge is 0.489 e. The van der Waals surface area contributed by atoms with Crippen LogP contribution in [0.3, 0.4) is 0 Å². The number of hydrogen-bond acceptors (Lipinski definition) is 14. The Morgan fingerprint density at radius 1 is 0.890 bits per heavy atom. The highest BCUT2D eigenvalue weighted by molar-refractivity contribution is 7.90. The Kier molecular flexibility index (Phi) is 12.7. The summed E-state index contributed by atoms with van der Waals surface area (Å²) in [5.41, 5.74) is 5.22. The Morgan fingerprint density at radius 2 is 1.70 bits per heavy atom. The van der Waals surface area contributed by atoms with E-state index >= 15 is 0 Å². The van der Waals surface area contributed by atoms with E-state index in [1.807, 2.05) is 47.4 Å². The number of carbonyl (C=O) groups is 1. The molecule has 380 valence electrons. The number of aromatic amines is 1. The monoisotopic (exact) mass is 1010 g/mol. The smallest absolute Gasteiger partial charge is 0.293 e. The highest BCUT2D eigenvalue weighted by atomic mass is 32.2. The molecule has 1 amide bonds. The maximum atomic E-state index is 14.6. The number of rotatable bonds is 14. The van der Waals surface area contributed by atoms with E-state index in [0.717, 1.165) is 99.5 Å². The highest BCUT2D eigenvalue weighted by Crippen LogP contribution is 2.55. The van der Waals surface area contributed by atoms with Crippen LogP contribution in [-0.2, 0) is 26.1 Å². The van der Waals surface area contributed by atoms with Crippen LogP contribution < -0.4 is 29.3 Å². The summed E-state index contributed by atoms with van der Waals surface area (Å²) >= 11 is 0. The predicted molar refractivity (Wildman–Crippen MR) is 276 cm³/mol. The minimum absolute atomic E-state index is 0.103. The maximum absolute atomic E-state index is 14.6. The van der Waals surface area contributed by atoms with Crippen molar-refractivity contribution in [2.75, 3.05) is 67.7 Å². The van der Waals surface area contributed by atoms with E-state index in [1.54, 1.807) is 12.3 Å². The molecule has 0 radical (unpaired) electrons. The van der Waals surface area contributed by atoms with Gasteiger partial charge in [-0.05, 0) is 123 Å². The normalized spacial score (nSPS) is 22.1. The van der Waals surface area contributed by atoms with Crippen molar-refractivity contribution in [3.05, 3.63) is 136 Å². The van der Waals surface area contributed by atoms with Crippen molar-refractivity contribution in [2.45, 2.75) is 87.1 Å². The van der Waals surface area contributed by atoms with Crippen LogP contribution in [-0.4, -0.2) is 105 Å². The second-order valence-corrected chi connectivity index (χ2v) is 22.3. The van der Waals surface area contributed by atoms with Gasteiger partial charge in [0.05, 0.1) is 40.3 Å². The first-order valence-electron chi connectivity index (χ1n) is 25.7. The molecule has 6 aliphatic rings. The lowest BCUT2D eigenvalue weighted by molar-refractivity contribution is -0.384. The number of nitro groups is 1. The summed E-state index contributed by atoms with van der Waals surface area (Å²) in [5.74, 6) is 0.718. The number of nitro benzene ring substituents is 1. The third-order valence-electron chi connectivity index (χ3n) is 16.3. The molecule has 7 heterocycles. The number of amides is 1. The van der Waals surface area contributed by atoms with Crippen molar-refractivity contribution < 1.29 is 37.1 Å². The fourth-order valence-electron chi connectivity index (χ4n) is 12.3. The summed E-state index contributed by atoms with van der Waals surface area (Å²) in [7, 11) is -4.60. The predicted octanol–water partition coefficient (Wildman–Crippen LogP) is 8.89. The number of aromatic nitrogens is 2. The number of nitrogens with one attached hydrogen (secondary N) is 3. The fourth-order valence-corrected chi connectivity index (χ4v) is 13.2. The Bertz CT molecular complexity index is 3130. The van der Waals surface area contributed by atoms with Gasteiger partial charge < -0.3 is 39.0 Å². The van der Waals surface area contributed by atoms with Crippen molar-refractivity contribution in [2.24, 2.45) is 11.3 Å². The Morgan fingerprint density at radius 3 is 2.52 bits per heavy atom. The number of piperidine rings is 1. The zero-order valence-corrected chi connectivity index (χ0v) is 41.4. The van der Waals surface area contributed by atoms with Gasteiger partial charge in [-0.3, -0.25) is 19.8 Å². The number of anilines is 4. The summed E-state index contributed by atoms with van der Waals surface area (Å²) < 4.78 is 54.8. The summed E-state index contributed by atoms with van der Waals surface area (Å²) in [4.78, 5) is 41.0. The first kappa shape index (κ1) is 47.3. The third-order valence-corrected chi connectivity index (χ3v) is 17.6. The molecule has 18 heteroatoms. The van der Waals surface area contributed by atoms with E-state index in [1.165, 1.54) is 17.7 Å². The first-order valence-corrected chi connectivity index (χ1v) is 27.2. The lowest BCUT2D eigenvalue weighted by Crippen LogP contribution is -2.55. The second-order valence-electron chi connectivity index (χ2n) is 20.6. The molecule has 17 nitrogen and oxygen atoms in total. The number of benzene rings is 4. The van der Waals surface area contributed by atoms with Gasteiger partial charge in [0.25, 0.3) is 21.6 Å². The Labute approximate surface area is 424 Å². The molecule has 73 heavy (non-hydrogen) atoms. The van der Waals surface area contributed by atoms with Crippen LogP contribution in [0.5, 0.6) is 11.6 Å². The molecule has 12 rings (SSSR count). The summed E-state index contributed by atoms with van der Waals surface area (Å²) in [5, 5.41) is 16.3. The van der Waals surface area contributed by atoms with Gasteiger partial charge >= 0.3 is 0 Å². The molecular formula is C55H60N8O9S. The minimum Gasteiger partial charge on any atom is -0.489 e. The van der Waals surface area contributed by atoms with Crippen LogP contribution in [0.25, 0.3) is 11.0 Å². The first-order chi connectivity index (χ1) is 35.6. The van der Waals surface area contributed by atoms with Crippen LogP contribution in [0.4, 0.5) is 28.4 Å². The van der Waals surface area contributed by atoms with E-state index in [0.29, 0.717) is 74.6 Å². The number of carbonyl (C=O) groups excluding carboxylic acids is 1. The van der Waals surface area contributed by atoms with E-state index in [-0.39, 0.29) is 28.6 Å². The summed E-state index contributed by atoms with van der Waals surface area (Å²) in [6, 6.07) is 32.4. The molecule has 1 saturated carbocycles. The standard InChI is InChI=1S/C55H60N8O9S/c64-53(59-73(67,68)41-13-15-44(47(29-41)63(65)66)57-32-36-17-25-69-26-18-36)43-14-12-39(28-46(43)62-48-27-38-16-21-56-52(38)58-54(48)72-51-35-70-34-49(51)62)60-23-19-55(20-24-60)30-40(31-55)61-22-6-10-45(61)42-9-4-5-11-50(42)71-33-37-7-2-1-3-8-37/h1-5,7-9,11-16,21,27-29,36,40,45,49,51,57H,6,10,17-20,22-26,30-35H2,(H,56,58)(H,59,64)/t45-,49+,51+/m0/s1. The molecule has 6 aromatic rings. The van der Waals surface area contributed by atoms with Gasteiger partial charge in [0.1, 0.15) is 35.5 Å². The van der Waals surface area contributed by atoms with E-state index in [2.05, 4.69) is 61.2 Å². The van der Waals surface area contributed by atoms with E-state index in [4.69, 9.17) is 23.9 Å². The lowest BCUT2D eigenvalue weighted by atomic mass is 9.60. The molecule has 0 bridgehead atoms. The number of nitrogens with zero attached hydrogens (tertiary/aromatic N) is 5. The molecule has 3 N–H and O–H groups in total. The van der Waals surface area contributed by atoms with Gasteiger partial charge in [0.15, 0.2) is 0 Å². The molecule has 3 atom stereocenters. The highest BCUT2D eigenvalue weighted by Gasteiger charge is 2.50. The lowest BCUT2D eigenvalue weighted by Gasteiger charge is -2.56. The zero-order valence-electron chi connectivity index (χ0n) is 40.6. The van der Waals surface area contributed by atoms with Crippen molar-refractivity contribution in [3.8, 4) is 11.6 Å². The molecule has 1 spiro atoms. The maximum Gasteiger partial charge on any atom is 0.293 e. The molecule has 4 saturated heterocycles. The van der Waals surface area contributed by atoms with Gasteiger partial charge in [-0.25, -0.2) is 13.1 Å². The number of para-hydroxylation sites is 1. The third kappa shape index (κ3) is 9.34. The van der Waals surface area contributed by atoms with Crippen molar-refractivity contribution in [1.82, 2.24) is 19.6 Å². The molecule has 0 unspecified atom stereocenters. The van der Waals surface area contributed by atoms with Crippen LogP contribution in [0.15, 0.2) is 114 Å². The minimum atomic E-state index is -4.60. The van der Waals surface area contributed by atoms with Crippen molar-refractivity contribution in [3.63, 3.8) is 0 Å². The van der Waals surface area contributed by atoms with Gasteiger partial charge in [-0.15, -0.1) is 0 Å². The Hall–Kier alpha value is -6.73. The van der Waals surface area contributed by atoms with E-state index in [9.17, 15) is 23.3 Å². The SMILES string of the molecule is O=C(NS(=O)(=O)c1ccc(NCC2CCOCC2)c([N+](=O)[O-])c1)c1ccc(N2CCC3(CC2)CC(N2CCC[C@H]2c2ccccc2OCc2ccccc2)C3)cc1N1c2cc3cc[nH]c3nc2O[C@@H]2COC[C@H]21. The number of sulfonamides is 1. The van der Waals surface area contributed by atoms with Crippen molar-refractivity contribution in [1.29, 1.82) is 0 Å². The number of ether oxygens (including phenoxy) is 4. The number of pyridine rings is 1. The van der Waals surface area contributed by atoms with Gasteiger partial charge in [0, 0.05) is 73.8 Å². The molecule has 5 aliphatic heterocycles. The average molecular weight is 1010 g/mol. The fraction of sp³-hybridized carbons (Fsp3) is 0.418. The summed E-state index contributed by atoms with van der Waals surface area (Å²) in [6.45, 7) is 5.61. The Balaban J connectivity index is 0.791. The van der Waals surface area contributed by atoms with Crippen LogP contribution >= 0.6 is 0 Å². The van der Waals surface area contributed by atoms with Crippen molar-refractivity contribution >= 4 is 55.4 Å². The number of H-pyrrole nitrogens is 1. The molecule has 4 aromatic carbocycles. The molecule has 1 aliphatic carbocycles.